The van der Waals surface area contributed by atoms with Crippen molar-refractivity contribution in [1.29, 1.82) is 0 Å². The van der Waals surface area contributed by atoms with Crippen LogP contribution < -0.4 is 5.11 Å². The van der Waals surface area contributed by atoms with Crippen molar-refractivity contribution < 1.29 is 9.90 Å². The Hall–Kier alpha value is -1.65. The summed E-state index contributed by atoms with van der Waals surface area (Å²) in [5, 5.41) is 13.1. The summed E-state index contributed by atoms with van der Waals surface area (Å²) in [5.41, 5.74) is 2.47. The van der Waals surface area contributed by atoms with Crippen LogP contribution in [-0.2, 0) is 24.1 Å². The SMILES string of the molecule is CC(C)Cc1cc(CC2C(=O)C(C=C3C=C(C(C)C)SC(C(C)C)=C3)=C2[O-])cc(CC(C)C)[s+]1. The summed E-state index contributed by atoms with van der Waals surface area (Å²) in [4.78, 5) is 18.3. The Morgan fingerprint density at radius 3 is 1.82 bits per heavy atom. The molecule has 0 amide bonds. The number of hydrogen-bond donors (Lipinski definition) is 0. The summed E-state index contributed by atoms with van der Waals surface area (Å²) in [6, 6.07) is 4.44. The molecule has 2 aliphatic rings. The number of ketones is 1. The van der Waals surface area contributed by atoms with Crippen molar-refractivity contribution in [3.05, 3.63) is 72.4 Å². The van der Waals surface area contributed by atoms with Gasteiger partial charge in [0.05, 0.1) is 0 Å². The van der Waals surface area contributed by atoms with E-state index in [0.29, 0.717) is 35.7 Å². The molecule has 0 spiro atoms. The van der Waals surface area contributed by atoms with Gasteiger partial charge in [-0.25, -0.2) is 0 Å². The maximum atomic E-state index is 13.1. The third-order valence-corrected chi connectivity index (χ3v) is 8.82. The first kappa shape index (κ1) is 26.9. The summed E-state index contributed by atoms with van der Waals surface area (Å²) in [6.07, 6.45) is 8.69. The molecule has 1 aromatic heterocycles. The summed E-state index contributed by atoms with van der Waals surface area (Å²) < 4.78 is 0. The Balaban J connectivity index is 1.86. The summed E-state index contributed by atoms with van der Waals surface area (Å²) >= 11 is 3.70. The van der Waals surface area contributed by atoms with E-state index in [-0.39, 0.29) is 11.5 Å². The molecule has 0 saturated heterocycles. The second-order valence-corrected chi connectivity index (χ2v) is 13.5. The van der Waals surface area contributed by atoms with E-state index < -0.39 is 5.92 Å². The first-order chi connectivity index (χ1) is 15.9. The van der Waals surface area contributed by atoms with E-state index in [4.69, 9.17) is 0 Å². The van der Waals surface area contributed by atoms with Gasteiger partial charge in [0.15, 0.2) is 5.78 Å². The molecule has 1 aromatic rings. The number of rotatable bonds is 9. The predicted molar refractivity (Wildman–Crippen MR) is 147 cm³/mol. The molecule has 1 atom stereocenters. The van der Waals surface area contributed by atoms with Gasteiger partial charge in [0, 0.05) is 36.5 Å². The monoisotopic (exact) mass is 496 g/mol. The molecule has 0 saturated carbocycles. The summed E-state index contributed by atoms with van der Waals surface area (Å²) in [7, 11) is 0. The standard InChI is InChI=1S/C30H40O2S2/c1-17(2)9-23-11-21(12-24(33-23)10-18(3)4)13-25-29(31)26(30(25)32)14-22-15-27(19(5)6)34-28(16-22)20(7)8/h11-12,14-20,25H,9-10,13H2,1-8H3. The predicted octanol–water partition coefficient (Wildman–Crippen LogP) is 7.54. The number of thioether (sulfide) groups is 1. The van der Waals surface area contributed by atoms with E-state index in [1.54, 1.807) is 0 Å². The zero-order chi connectivity index (χ0) is 25.2. The molecule has 1 unspecified atom stereocenters. The molecule has 4 heteroatoms. The van der Waals surface area contributed by atoms with Gasteiger partial charge in [0.25, 0.3) is 0 Å². The highest BCUT2D eigenvalue weighted by molar-refractivity contribution is 8.06. The maximum absolute atomic E-state index is 13.1. The zero-order valence-electron chi connectivity index (χ0n) is 22.0. The van der Waals surface area contributed by atoms with Crippen LogP contribution in [0.4, 0.5) is 0 Å². The van der Waals surface area contributed by atoms with E-state index in [2.05, 4.69) is 79.7 Å². The highest BCUT2D eigenvalue weighted by Gasteiger charge is 2.33. The Morgan fingerprint density at radius 1 is 0.912 bits per heavy atom. The molecule has 34 heavy (non-hydrogen) atoms. The molecule has 2 heterocycles. The first-order valence-electron chi connectivity index (χ1n) is 12.7. The molecule has 1 aliphatic carbocycles. The van der Waals surface area contributed by atoms with Crippen LogP contribution in [-0.4, -0.2) is 5.78 Å². The average molecular weight is 497 g/mol. The normalized spacial score (nSPS) is 18.8. The van der Waals surface area contributed by atoms with Crippen LogP contribution in [0.3, 0.4) is 0 Å². The van der Waals surface area contributed by atoms with Crippen molar-refractivity contribution in [3.8, 4) is 0 Å². The highest BCUT2D eigenvalue weighted by atomic mass is 32.2. The first-order valence-corrected chi connectivity index (χ1v) is 14.3. The molecule has 184 valence electrons. The fraction of sp³-hybridized carbons (Fsp3) is 0.533. The van der Waals surface area contributed by atoms with Crippen LogP contribution in [0.15, 0.2) is 57.1 Å². The number of carbonyl (C=O) groups excluding carboxylic acids is 1. The second kappa shape index (κ2) is 11.4. The van der Waals surface area contributed by atoms with Crippen LogP contribution >= 0.6 is 23.1 Å². The summed E-state index contributed by atoms with van der Waals surface area (Å²) in [5.74, 6) is 1.46. The van der Waals surface area contributed by atoms with Crippen LogP contribution in [0.2, 0.25) is 0 Å². The van der Waals surface area contributed by atoms with E-state index in [0.717, 1.165) is 24.0 Å². The second-order valence-electron chi connectivity index (χ2n) is 11.1. The van der Waals surface area contributed by atoms with Crippen molar-refractivity contribution in [3.63, 3.8) is 0 Å². The largest absolute Gasteiger partial charge is 0.874 e. The quantitative estimate of drug-likeness (QED) is 0.332. The van der Waals surface area contributed by atoms with Crippen molar-refractivity contribution >= 4 is 28.9 Å². The highest BCUT2D eigenvalue weighted by Crippen LogP contribution is 2.41. The zero-order valence-corrected chi connectivity index (χ0v) is 23.7. The fourth-order valence-corrected chi connectivity index (χ4v) is 7.02. The minimum absolute atomic E-state index is 0.00179. The van der Waals surface area contributed by atoms with Crippen LogP contribution in [0, 0.1) is 29.6 Å². The topological polar surface area (TPSA) is 40.1 Å². The van der Waals surface area contributed by atoms with E-state index in [1.165, 1.54) is 19.6 Å². The molecule has 3 rings (SSSR count). The Kier molecular flexibility index (Phi) is 9.03. The lowest BCUT2D eigenvalue weighted by molar-refractivity contribution is -0.318. The number of hydrogen-bond acceptors (Lipinski definition) is 3. The minimum atomic E-state index is -0.530. The van der Waals surface area contributed by atoms with E-state index in [1.807, 2.05) is 29.2 Å². The molecular formula is C30H40O2S2. The molecule has 1 aliphatic heterocycles. The lowest BCUT2D eigenvalue weighted by Crippen LogP contribution is -2.38. The molecule has 0 radical (unpaired) electrons. The van der Waals surface area contributed by atoms with Gasteiger partial charge in [-0.15, -0.1) is 5.76 Å². The lowest BCUT2D eigenvalue weighted by Gasteiger charge is -2.35. The Bertz CT molecular complexity index is 997. The minimum Gasteiger partial charge on any atom is -0.874 e. The van der Waals surface area contributed by atoms with Gasteiger partial charge in [0.2, 0.25) is 21.1 Å². The van der Waals surface area contributed by atoms with Crippen molar-refractivity contribution in [2.24, 2.45) is 29.6 Å². The van der Waals surface area contributed by atoms with E-state index >= 15 is 0 Å². The number of carbonyl (C=O) groups is 1. The molecular weight excluding hydrogens is 456 g/mol. The number of Topliss-reactive ketones (excluding diaryl/α,β-unsaturated/α-hetero) is 1. The van der Waals surface area contributed by atoms with Gasteiger partial charge >= 0.3 is 0 Å². The summed E-state index contributed by atoms with van der Waals surface area (Å²) in [6.45, 7) is 17.7. The number of allylic oxidation sites excluding steroid dienone is 8. The molecule has 0 aromatic carbocycles. The van der Waals surface area contributed by atoms with Gasteiger partial charge in [0.1, 0.15) is 0 Å². The molecule has 2 nitrogen and oxygen atoms in total. The smallest absolute Gasteiger partial charge is 0.218 e. The van der Waals surface area contributed by atoms with Gasteiger partial charge in [-0.1, -0.05) is 67.2 Å². The van der Waals surface area contributed by atoms with Crippen molar-refractivity contribution in [2.45, 2.75) is 74.7 Å². The third-order valence-electron chi connectivity index (χ3n) is 6.08. The van der Waals surface area contributed by atoms with Crippen LogP contribution in [0.25, 0.3) is 0 Å². The van der Waals surface area contributed by atoms with Crippen molar-refractivity contribution in [1.82, 2.24) is 0 Å². The molecule has 0 bridgehead atoms. The van der Waals surface area contributed by atoms with Gasteiger partial charge in [-0.2, -0.15) is 0 Å². The van der Waals surface area contributed by atoms with Crippen LogP contribution in [0.5, 0.6) is 0 Å². The maximum Gasteiger partial charge on any atom is 0.218 e. The van der Waals surface area contributed by atoms with Gasteiger partial charge in [-0.3, -0.25) is 4.79 Å². The average Bonchev–Trinajstić information content (AvgIpc) is 2.74. The van der Waals surface area contributed by atoms with Gasteiger partial charge in [-0.05, 0) is 69.3 Å². The van der Waals surface area contributed by atoms with Crippen molar-refractivity contribution in [2.75, 3.05) is 0 Å². The van der Waals surface area contributed by atoms with E-state index in [9.17, 15) is 9.90 Å². The lowest BCUT2D eigenvalue weighted by atomic mass is 9.77. The third kappa shape index (κ3) is 6.73. The van der Waals surface area contributed by atoms with Crippen LogP contribution in [0.1, 0.15) is 70.7 Å². The Morgan fingerprint density at radius 2 is 1.41 bits per heavy atom. The molecule has 0 N–H and O–H groups in total. The fourth-order valence-electron chi connectivity index (χ4n) is 4.29. The van der Waals surface area contributed by atoms with Gasteiger partial charge < -0.3 is 5.11 Å². The Labute approximate surface area is 215 Å². The molecule has 0 fully saturated rings.